The molecule has 1 aromatic carbocycles. The molecule has 3 amide bonds. The molecule has 1 N–H and O–H groups in total. The lowest BCUT2D eigenvalue weighted by Gasteiger charge is -2.47. The molecule has 0 atom stereocenters. The van der Waals surface area contributed by atoms with Crippen LogP contribution in [0.25, 0.3) is 0 Å². The van der Waals surface area contributed by atoms with Crippen LogP contribution in [-0.2, 0) is 14.3 Å². The summed E-state index contributed by atoms with van der Waals surface area (Å²) in [6.07, 6.45) is 4.93. The summed E-state index contributed by atoms with van der Waals surface area (Å²) in [5.74, 6) is 0.413. The van der Waals surface area contributed by atoms with Gasteiger partial charge in [0, 0.05) is 59.4 Å². The molecule has 10 heteroatoms. The number of carbonyl (C=O) groups is 3. The summed E-state index contributed by atoms with van der Waals surface area (Å²) in [5, 5.41) is 2.59. The van der Waals surface area contributed by atoms with Crippen LogP contribution in [0.3, 0.4) is 0 Å². The molecule has 36 heavy (non-hydrogen) atoms. The van der Waals surface area contributed by atoms with E-state index in [1.807, 2.05) is 4.90 Å². The van der Waals surface area contributed by atoms with Gasteiger partial charge in [0.2, 0.25) is 0 Å². The molecule has 2 fully saturated rings. The molecule has 2 aliphatic heterocycles. The predicted octanol–water partition coefficient (Wildman–Crippen LogP) is 2.37. The number of likely N-dealkylation sites (tertiary alicyclic amines) is 2. The molecular weight excluding hydrogens is 464 g/mol. The molecule has 0 saturated carbocycles. The number of amides is 3. The van der Waals surface area contributed by atoms with Crippen molar-refractivity contribution in [1.82, 2.24) is 15.1 Å². The molecule has 200 valence electrons. The number of hydrogen-bond acceptors (Lipinski definition) is 7. The Bertz CT molecular complexity index is 888. The SMILES string of the molecule is CNC(=O)N(CCC=O)c1cc(C(=O)N2CCC3(CCN(CC(OC)OC)CC3)CC2)ccc1OC. The maximum atomic E-state index is 13.4. The number of piperidine rings is 2. The van der Waals surface area contributed by atoms with Gasteiger partial charge in [0.05, 0.1) is 12.8 Å². The third kappa shape index (κ3) is 6.54. The molecule has 2 saturated heterocycles. The van der Waals surface area contributed by atoms with Crippen LogP contribution in [0.15, 0.2) is 18.2 Å². The Balaban J connectivity index is 1.65. The fraction of sp³-hybridized carbons (Fsp3) is 0.654. The highest BCUT2D eigenvalue weighted by atomic mass is 16.7. The summed E-state index contributed by atoms with van der Waals surface area (Å²) in [6, 6.07) is 4.75. The number of benzene rings is 1. The van der Waals surface area contributed by atoms with Crippen LogP contribution in [-0.4, -0.2) is 102 Å². The Morgan fingerprint density at radius 3 is 2.28 bits per heavy atom. The van der Waals surface area contributed by atoms with Crippen LogP contribution in [0, 0.1) is 5.41 Å². The molecule has 0 radical (unpaired) electrons. The summed E-state index contributed by atoms with van der Waals surface area (Å²) in [4.78, 5) is 42.6. The van der Waals surface area contributed by atoms with E-state index in [1.54, 1.807) is 32.4 Å². The van der Waals surface area contributed by atoms with Gasteiger partial charge in [-0.2, -0.15) is 0 Å². The lowest BCUT2D eigenvalue weighted by Crippen LogP contribution is -2.49. The largest absolute Gasteiger partial charge is 0.495 e. The first kappa shape index (κ1) is 27.9. The van der Waals surface area contributed by atoms with Gasteiger partial charge in [-0.05, 0) is 62.4 Å². The van der Waals surface area contributed by atoms with Crippen molar-refractivity contribution in [2.24, 2.45) is 5.41 Å². The topological polar surface area (TPSA) is 101 Å². The first-order valence-electron chi connectivity index (χ1n) is 12.6. The summed E-state index contributed by atoms with van der Waals surface area (Å²) < 4.78 is 16.1. The van der Waals surface area contributed by atoms with Gasteiger partial charge >= 0.3 is 6.03 Å². The van der Waals surface area contributed by atoms with Crippen molar-refractivity contribution in [1.29, 1.82) is 0 Å². The summed E-state index contributed by atoms with van der Waals surface area (Å²) in [7, 11) is 6.38. The molecule has 1 spiro atoms. The number of hydrogen-bond donors (Lipinski definition) is 1. The molecule has 10 nitrogen and oxygen atoms in total. The fourth-order valence-electron chi connectivity index (χ4n) is 5.21. The maximum Gasteiger partial charge on any atom is 0.321 e. The first-order valence-corrected chi connectivity index (χ1v) is 12.6. The third-order valence-electron chi connectivity index (χ3n) is 7.61. The standard InChI is InChI=1S/C26H40N4O6/c1-27-25(33)30(12-5-17-31)21-18-20(6-7-22(21)34-2)24(32)29-15-10-26(11-16-29)8-13-28(14-9-26)19-23(35-3)36-4/h6-7,17-18,23H,5,8-16,19H2,1-4H3,(H,27,33). The van der Waals surface area contributed by atoms with Crippen molar-refractivity contribution in [3.63, 3.8) is 0 Å². The summed E-state index contributed by atoms with van der Waals surface area (Å²) in [6.45, 7) is 4.40. The van der Waals surface area contributed by atoms with Gasteiger partial charge < -0.3 is 29.2 Å². The minimum Gasteiger partial charge on any atom is -0.495 e. The first-order chi connectivity index (χ1) is 17.4. The van der Waals surface area contributed by atoms with Crippen LogP contribution < -0.4 is 15.0 Å². The minimum atomic E-state index is -0.367. The highest BCUT2D eigenvalue weighted by Gasteiger charge is 2.39. The number of nitrogens with zero attached hydrogens (tertiary/aromatic N) is 3. The Morgan fingerprint density at radius 1 is 1.08 bits per heavy atom. The normalized spacial score (nSPS) is 17.8. The van der Waals surface area contributed by atoms with E-state index in [2.05, 4.69) is 10.2 Å². The second-order valence-corrected chi connectivity index (χ2v) is 9.54. The second-order valence-electron chi connectivity index (χ2n) is 9.54. The second kappa shape index (κ2) is 13.0. The number of anilines is 1. The number of rotatable bonds is 10. The van der Waals surface area contributed by atoms with Gasteiger partial charge in [-0.3, -0.25) is 14.6 Å². The van der Waals surface area contributed by atoms with Crippen LogP contribution in [0.2, 0.25) is 0 Å². The molecule has 1 aromatic rings. The van der Waals surface area contributed by atoms with Crippen molar-refractivity contribution in [2.45, 2.75) is 38.4 Å². The van der Waals surface area contributed by atoms with Gasteiger partial charge in [0.15, 0.2) is 6.29 Å². The van der Waals surface area contributed by atoms with E-state index in [0.29, 0.717) is 30.1 Å². The van der Waals surface area contributed by atoms with Crippen LogP contribution in [0.5, 0.6) is 5.75 Å². The van der Waals surface area contributed by atoms with Gasteiger partial charge in [-0.25, -0.2) is 4.79 Å². The maximum absolute atomic E-state index is 13.4. The number of ether oxygens (including phenoxy) is 3. The summed E-state index contributed by atoms with van der Waals surface area (Å²) >= 11 is 0. The molecule has 2 aliphatic rings. The zero-order chi connectivity index (χ0) is 26.1. The molecule has 3 rings (SSSR count). The molecular formula is C26H40N4O6. The average Bonchev–Trinajstić information content (AvgIpc) is 2.92. The lowest BCUT2D eigenvalue weighted by atomic mass is 9.71. The van der Waals surface area contributed by atoms with Crippen LogP contribution in [0.1, 0.15) is 42.5 Å². The number of methoxy groups -OCH3 is 3. The van der Waals surface area contributed by atoms with Gasteiger partial charge in [-0.15, -0.1) is 0 Å². The molecule has 0 aromatic heterocycles. The Kier molecular flexibility index (Phi) is 10.1. The summed E-state index contributed by atoms with van der Waals surface area (Å²) in [5.41, 5.74) is 1.25. The Morgan fingerprint density at radius 2 is 1.72 bits per heavy atom. The lowest BCUT2D eigenvalue weighted by molar-refractivity contribution is -0.121. The van der Waals surface area contributed by atoms with Crippen LogP contribution >= 0.6 is 0 Å². The number of nitrogens with one attached hydrogen (secondary N) is 1. The van der Waals surface area contributed by atoms with Crippen molar-refractivity contribution in [3.05, 3.63) is 23.8 Å². The van der Waals surface area contributed by atoms with E-state index in [9.17, 15) is 14.4 Å². The Hall–Kier alpha value is -2.69. The highest BCUT2D eigenvalue weighted by molar-refractivity contribution is 5.99. The third-order valence-corrected chi connectivity index (χ3v) is 7.61. The van der Waals surface area contributed by atoms with Gasteiger partial charge in [0.1, 0.15) is 12.0 Å². The fourth-order valence-corrected chi connectivity index (χ4v) is 5.21. The van der Waals surface area contributed by atoms with E-state index < -0.39 is 0 Å². The molecule has 2 heterocycles. The number of urea groups is 1. The van der Waals surface area contributed by atoms with Crippen molar-refractivity contribution in [2.75, 3.05) is 72.5 Å². The van der Waals surface area contributed by atoms with Gasteiger partial charge in [0.25, 0.3) is 5.91 Å². The quantitative estimate of drug-likeness (QED) is 0.386. The highest BCUT2D eigenvalue weighted by Crippen LogP contribution is 2.41. The zero-order valence-corrected chi connectivity index (χ0v) is 22.0. The number of carbonyl (C=O) groups excluding carboxylic acids is 3. The van der Waals surface area contributed by atoms with E-state index >= 15 is 0 Å². The minimum absolute atomic E-state index is 0.0542. The van der Waals surface area contributed by atoms with Gasteiger partial charge in [-0.1, -0.05) is 0 Å². The monoisotopic (exact) mass is 504 g/mol. The molecule has 0 bridgehead atoms. The van der Waals surface area contributed by atoms with Crippen LogP contribution in [0.4, 0.5) is 10.5 Å². The molecule has 0 aliphatic carbocycles. The number of aldehydes is 1. The average molecular weight is 505 g/mol. The predicted molar refractivity (Wildman–Crippen MR) is 137 cm³/mol. The zero-order valence-electron chi connectivity index (χ0n) is 22.0. The van der Waals surface area contributed by atoms with Crippen molar-refractivity contribution in [3.8, 4) is 5.75 Å². The van der Waals surface area contributed by atoms with E-state index in [-0.39, 0.29) is 36.6 Å². The van der Waals surface area contributed by atoms with E-state index in [4.69, 9.17) is 14.2 Å². The van der Waals surface area contributed by atoms with E-state index in [1.165, 1.54) is 19.1 Å². The smallest absolute Gasteiger partial charge is 0.321 e. The Labute approximate surface area is 213 Å². The van der Waals surface area contributed by atoms with Crippen molar-refractivity contribution < 1.29 is 28.6 Å². The van der Waals surface area contributed by atoms with Crippen molar-refractivity contribution >= 4 is 23.9 Å². The molecule has 0 unspecified atom stereocenters. The van der Waals surface area contributed by atoms with E-state index in [0.717, 1.165) is 51.6 Å².